The Morgan fingerprint density at radius 3 is 2.76 bits per heavy atom. The Labute approximate surface area is 136 Å². The standard InChI is InChI=1S/C18H20ClNS/c1-13-4-2-5-14(10-13)12-21-18-7-3-6-17(19)16(18)11-20-15-8-9-15/h2-7,10,15,20H,8-9,11-12H2,1H3. The van der Waals surface area contributed by atoms with Gasteiger partial charge in [-0.25, -0.2) is 0 Å². The zero-order valence-electron chi connectivity index (χ0n) is 12.2. The third kappa shape index (κ3) is 4.26. The summed E-state index contributed by atoms with van der Waals surface area (Å²) in [6.07, 6.45) is 2.60. The van der Waals surface area contributed by atoms with Crippen LogP contribution in [0.15, 0.2) is 47.4 Å². The van der Waals surface area contributed by atoms with E-state index in [1.807, 2.05) is 23.9 Å². The summed E-state index contributed by atoms with van der Waals surface area (Å²) in [5, 5.41) is 4.44. The lowest BCUT2D eigenvalue weighted by Crippen LogP contribution is -2.16. The van der Waals surface area contributed by atoms with Crippen LogP contribution in [0.3, 0.4) is 0 Å². The van der Waals surface area contributed by atoms with E-state index in [1.54, 1.807) is 0 Å². The molecule has 1 aliphatic carbocycles. The highest BCUT2D eigenvalue weighted by Crippen LogP contribution is 2.31. The van der Waals surface area contributed by atoms with E-state index in [0.717, 1.165) is 17.3 Å². The van der Waals surface area contributed by atoms with Crippen molar-refractivity contribution in [2.45, 2.75) is 43.0 Å². The lowest BCUT2D eigenvalue weighted by atomic mass is 10.2. The number of rotatable bonds is 6. The summed E-state index contributed by atoms with van der Waals surface area (Å²) >= 11 is 8.26. The first kappa shape index (κ1) is 15.0. The lowest BCUT2D eigenvalue weighted by molar-refractivity contribution is 0.680. The maximum Gasteiger partial charge on any atom is 0.0462 e. The summed E-state index contributed by atoms with van der Waals surface area (Å²) in [6.45, 7) is 3.01. The maximum absolute atomic E-state index is 6.39. The third-order valence-corrected chi connectivity index (χ3v) is 5.22. The molecule has 1 fully saturated rings. The van der Waals surface area contributed by atoms with E-state index in [1.165, 1.54) is 34.4 Å². The molecular weight excluding hydrogens is 298 g/mol. The zero-order valence-corrected chi connectivity index (χ0v) is 13.8. The van der Waals surface area contributed by atoms with Gasteiger partial charge in [0.05, 0.1) is 0 Å². The average molecular weight is 318 g/mol. The molecule has 0 atom stereocenters. The van der Waals surface area contributed by atoms with Crippen molar-refractivity contribution in [1.29, 1.82) is 0 Å². The SMILES string of the molecule is Cc1cccc(CSc2cccc(Cl)c2CNC2CC2)c1. The van der Waals surface area contributed by atoms with Gasteiger partial charge >= 0.3 is 0 Å². The van der Waals surface area contributed by atoms with E-state index >= 15 is 0 Å². The topological polar surface area (TPSA) is 12.0 Å². The zero-order chi connectivity index (χ0) is 14.7. The number of nitrogens with one attached hydrogen (secondary N) is 1. The molecule has 1 saturated carbocycles. The minimum atomic E-state index is 0.705. The molecular formula is C18H20ClNS. The van der Waals surface area contributed by atoms with Crippen LogP contribution in [0.1, 0.15) is 29.5 Å². The van der Waals surface area contributed by atoms with Crippen LogP contribution in [0.4, 0.5) is 0 Å². The van der Waals surface area contributed by atoms with Crippen LogP contribution in [0, 0.1) is 6.92 Å². The molecule has 0 spiro atoms. The molecule has 1 aliphatic rings. The van der Waals surface area contributed by atoms with Gasteiger partial charge in [-0.2, -0.15) is 0 Å². The van der Waals surface area contributed by atoms with Crippen molar-refractivity contribution in [3.8, 4) is 0 Å². The summed E-state index contributed by atoms with van der Waals surface area (Å²) < 4.78 is 0. The van der Waals surface area contributed by atoms with Crippen LogP contribution in [0.2, 0.25) is 5.02 Å². The molecule has 110 valence electrons. The maximum atomic E-state index is 6.39. The van der Waals surface area contributed by atoms with Gasteiger partial charge < -0.3 is 5.32 Å². The molecule has 2 aromatic carbocycles. The Morgan fingerprint density at radius 2 is 2.00 bits per heavy atom. The molecule has 3 heteroatoms. The van der Waals surface area contributed by atoms with Gasteiger partial charge in [0.1, 0.15) is 0 Å². The van der Waals surface area contributed by atoms with E-state index in [4.69, 9.17) is 11.6 Å². The van der Waals surface area contributed by atoms with Crippen LogP contribution >= 0.6 is 23.4 Å². The second-order valence-corrected chi connectivity index (χ2v) is 7.07. The summed E-state index contributed by atoms with van der Waals surface area (Å²) in [5.74, 6) is 0.985. The second-order valence-electron chi connectivity index (χ2n) is 5.65. The predicted octanol–water partition coefficient (Wildman–Crippen LogP) is 5.19. The molecule has 1 N–H and O–H groups in total. The molecule has 1 nitrogen and oxygen atoms in total. The van der Waals surface area contributed by atoms with E-state index in [9.17, 15) is 0 Å². The fourth-order valence-electron chi connectivity index (χ4n) is 2.34. The summed E-state index contributed by atoms with van der Waals surface area (Å²) in [7, 11) is 0. The molecule has 0 saturated heterocycles. The first-order valence-corrected chi connectivity index (χ1v) is 8.78. The van der Waals surface area contributed by atoms with Crippen LogP contribution in [0.5, 0.6) is 0 Å². The highest BCUT2D eigenvalue weighted by molar-refractivity contribution is 7.98. The van der Waals surface area contributed by atoms with Crippen LogP contribution < -0.4 is 5.32 Å². The van der Waals surface area contributed by atoms with Crippen molar-refractivity contribution < 1.29 is 0 Å². The van der Waals surface area contributed by atoms with E-state index in [0.29, 0.717) is 6.04 Å². The first-order chi connectivity index (χ1) is 10.2. The van der Waals surface area contributed by atoms with Crippen molar-refractivity contribution in [2.75, 3.05) is 0 Å². The van der Waals surface area contributed by atoms with E-state index in [2.05, 4.69) is 42.6 Å². The van der Waals surface area contributed by atoms with Gasteiger partial charge in [0.15, 0.2) is 0 Å². The van der Waals surface area contributed by atoms with Crippen molar-refractivity contribution in [1.82, 2.24) is 5.32 Å². The number of benzene rings is 2. The first-order valence-electron chi connectivity index (χ1n) is 7.41. The van der Waals surface area contributed by atoms with Gasteiger partial charge in [0.25, 0.3) is 0 Å². The smallest absolute Gasteiger partial charge is 0.0462 e. The monoisotopic (exact) mass is 317 g/mol. The van der Waals surface area contributed by atoms with Gasteiger partial charge in [-0.15, -0.1) is 11.8 Å². The Balaban J connectivity index is 1.70. The molecule has 0 amide bonds. The average Bonchev–Trinajstić information content (AvgIpc) is 3.28. The number of aryl methyl sites for hydroxylation is 1. The molecule has 0 heterocycles. The van der Waals surface area contributed by atoms with Crippen LogP contribution in [-0.2, 0) is 12.3 Å². The minimum Gasteiger partial charge on any atom is -0.310 e. The summed E-state index contributed by atoms with van der Waals surface area (Å²) in [5.41, 5.74) is 3.92. The van der Waals surface area contributed by atoms with Gasteiger partial charge in [-0.05, 0) is 43.0 Å². The largest absolute Gasteiger partial charge is 0.310 e. The molecule has 0 aromatic heterocycles. The Hall–Kier alpha value is -0.960. The quantitative estimate of drug-likeness (QED) is 0.736. The molecule has 2 aromatic rings. The van der Waals surface area contributed by atoms with E-state index < -0.39 is 0 Å². The van der Waals surface area contributed by atoms with Crippen LogP contribution in [0.25, 0.3) is 0 Å². The molecule has 0 aliphatic heterocycles. The predicted molar refractivity (Wildman–Crippen MR) is 92.1 cm³/mol. The highest BCUT2D eigenvalue weighted by atomic mass is 35.5. The fraction of sp³-hybridized carbons (Fsp3) is 0.333. The van der Waals surface area contributed by atoms with Gasteiger partial charge in [0, 0.05) is 28.3 Å². The fourth-order valence-corrected chi connectivity index (χ4v) is 3.67. The molecule has 3 rings (SSSR count). The summed E-state index contributed by atoms with van der Waals surface area (Å²) in [4.78, 5) is 1.29. The normalized spacial score (nSPS) is 14.4. The van der Waals surface area contributed by atoms with Crippen molar-refractivity contribution in [3.05, 3.63) is 64.2 Å². The van der Waals surface area contributed by atoms with Crippen molar-refractivity contribution in [2.24, 2.45) is 0 Å². The molecule has 0 radical (unpaired) electrons. The van der Waals surface area contributed by atoms with Gasteiger partial charge in [-0.3, -0.25) is 0 Å². The Kier molecular flexibility index (Phi) is 4.89. The van der Waals surface area contributed by atoms with Gasteiger partial charge in [-0.1, -0.05) is 47.5 Å². The number of hydrogen-bond acceptors (Lipinski definition) is 2. The highest BCUT2D eigenvalue weighted by Gasteiger charge is 2.21. The Bertz CT molecular complexity index is 622. The van der Waals surface area contributed by atoms with E-state index in [-0.39, 0.29) is 0 Å². The van der Waals surface area contributed by atoms with Gasteiger partial charge in [0.2, 0.25) is 0 Å². The van der Waals surface area contributed by atoms with Crippen molar-refractivity contribution >= 4 is 23.4 Å². The second kappa shape index (κ2) is 6.87. The summed E-state index contributed by atoms with van der Waals surface area (Å²) in [6, 6.07) is 15.6. The third-order valence-electron chi connectivity index (χ3n) is 3.70. The molecule has 0 unspecified atom stereocenters. The minimum absolute atomic E-state index is 0.705. The molecule has 0 bridgehead atoms. The lowest BCUT2D eigenvalue weighted by Gasteiger charge is -2.12. The van der Waals surface area contributed by atoms with Crippen LogP contribution in [-0.4, -0.2) is 6.04 Å². The molecule has 21 heavy (non-hydrogen) atoms. The number of hydrogen-bond donors (Lipinski definition) is 1. The number of thioether (sulfide) groups is 1. The number of halogens is 1. The Morgan fingerprint density at radius 1 is 1.19 bits per heavy atom. The van der Waals surface area contributed by atoms with Crippen molar-refractivity contribution in [3.63, 3.8) is 0 Å².